The zero-order valence-corrected chi connectivity index (χ0v) is 9.95. The maximum absolute atomic E-state index is 10.6. The summed E-state index contributed by atoms with van der Waals surface area (Å²) in [7, 11) is 0. The van der Waals surface area contributed by atoms with Gasteiger partial charge < -0.3 is 4.42 Å². The van der Waals surface area contributed by atoms with Crippen molar-refractivity contribution >= 4 is 11.4 Å². The van der Waals surface area contributed by atoms with Gasteiger partial charge in [0, 0.05) is 18.6 Å². The van der Waals surface area contributed by atoms with Gasteiger partial charge in [-0.25, -0.2) is 0 Å². The molecule has 96 valence electrons. The summed E-state index contributed by atoms with van der Waals surface area (Å²) >= 11 is 0. The van der Waals surface area contributed by atoms with Crippen LogP contribution < -0.4 is 5.43 Å². The lowest BCUT2D eigenvalue weighted by Gasteiger charge is -2.05. The fraction of sp³-hybridized carbons (Fsp3) is 0.154. The van der Waals surface area contributed by atoms with E-state index in [1.165, 1.54) is 12.1 Å². The van der Waals surface area contributed by atoms with Gasteiger partial charge in [0.15, 0.2) is 0 Å². The van der Waals surface area contributed by atoms with Crippen molar-refractivity contribution in [3.05, 3.63) is 64.1 Å². The Kier molecular flexibility index (Phi) is 2.75. The number of nitro benzene ring substituents is 1. The minimum Gasteiger partial charge on any atom is -0.467 e. The second kappa shape index (κ2) is 4.56. The van der Waals surface area contributed by atoms with E-state index in [0.29, 0.717) is 6.42 Å². The lowest BCUT2D eigenvalue weighted by molar-refractivity contribution is -0.384. The number of non-ortho nitro benzene ring substituents is 1. The molecule has 0 fully saturated rings. The van der Waals surface area contributed by atoms with Crippen LogP contribution in [0.2, 0.25) is 0 Å². The van der Waals surface area contributed by atoms with Gasteiger partial charge in [0.25, 0.3) is 5.69 Å². The van der Waals surface area contributed by atoms with Crippen molar-refractivity contribution in [3.8, 4) is 0 Å². The van der Waals surface area contributed by atoms with Crippen molar-refractivity contribution in [1.29, 1.82) is 0 Å². The first-order valence-corrected chi connectivity index (χ1v) is 5.84. The van der Waals surface area contributed by atoms with Crippen LogP contribution in [0.1, 0.15) is 23.8 Å². The largest absolute Gasteiger partial charge is 0.467 e. The van der Waals surface area contributed by atoms with Crippen molar-refractivity contribution in [3.63, 3.8) is 0 Å². The van der Waals surface area contributed by atoms with Crippen LogP contribution in [0.4, 0.5) is 5.69 Å². The van der Waals surface area contributed by atoms with Crippen molar-refractivity contribution in [2.45, 2.75) is 12.5 Å². The predicted octanol–water partition coefficient (Wildman–Crippen LogP) is 2.63. The second-order valence-electron chi connectivity index (χ2n) is 4.26. The van der Waals surface area contributed by atoms with Crippen LogP contribution in [-0.2, 0) is 0 Å². The summed E-state index contributed by atoms with van der Waals surface area (Å²) in [6, 6.07) is 10.1. The third kappa shape index (κ3) is 2.20. The normalized spacial score (nSPS) is 17.9. The molecule has 1 unspecified atom stereocenters. The number of nitro groups is 1. The molecule has 0 saturated carbocycles. The molecule has 0 aliphatic carbocycles. The third-order valence-electron chi connectivity index (χ3n) is 3.05. The minimum atomic E-state index is -0.413. The van der Waals surface area contributed by atoms with Crippen LogP contribution in [0, 0.1) is 10.1 Å². The summed E-state index contributed by atoms with van der Waals surface area (Å²) in [6.07, 6.45) is 2.33. The molecule has 1 N–H and O–H groups in total. The Labute approximate surface area is 108 Å². The average molecular weight is 257 g/mol. The van der Waals surface area contributed by atoms with Gasteiger partial charge in [-0.2, -0.15) is 5.10 Å². The van der Waals surface area contributed by atoms with Crippen molar-refractivity contribution in [2.24, 2.45) is 5.10 Å². The molecule has 1 aromatic carbocycles. The predicted molar refractivity (Wildman–Crippen MR) is 68.8 cm³/mol. The molecule has 0 saturated heterocycles. The van der Waals surface area contributed by atoms with Crippen LogP contribution in [0.5, 0.6) is 0 Å². The molecule has 1 aromatic heterocycles. The van der Waals surface area contributed by atoms with E-state index in [9.17, 15) is 10.1 Å². The quantitative estimate of drug-likeness (QED) is 0.677. The number of hydrogen-bond donors (Lipinski definition) is 1. The number of hydrazone groups is 1. The first-order valence-electron chi connectivity index (χ1n) is 5.84. The third-order valence-corrected chi connectivity index (χ3v) is 3.05. The van der Waals surface area contributed by atoms with E-state index in [-0.39, 0.29) is 11.7 Å². The summed E-state index contributed by atoms with van der Waals surface area (Å²) in [6.45, 7) is 0. The standard InChI is InChI=1S/C13H11N3O3/c17-16(18)10-5-3-9(4-6-10)11-8-12(15-14-11)13-2-1-7-19-13/h1-7,12,15H,8H2. The van der Waals surface area contributed by atoms with Gasteiger partial charge in [0.2, 0.25) is 0 Å². The van der Waals surface area contributed by atoms with Crippen LogP contribution in [0.3, 0.4) is 0 Å². The van der Waals surface area contributed by atoms with Gasteiger partial charge in [-0.15, -0.1) is 0 Å². The van der Waals surface area contributed by atoms with E-state index in [4.69, 9.17) is 4.42 Å². The highest BCUT2D eigenvalue weighted by Crippen LogP contribution is 2.25. The molecule has 2 aromatic rings. The summed E-state index contributed by atoms with van der Waals surface area (Å²) in [5.41, 5.74) is 4.84. The molecule has 19 heavy (non-hydrogen) atoms. The van der Waals surface area contributed by atoms with Crippen molar-refractivity contribution < 1.29 is 9.34 Å². The molecule has 6 heteroatoms. The highest BCUT2D eigenvalue weighted by Gasteiger charge is 2.23. The Morgan fingerprint density at radius 2 is 2.11 bits per heavy atom. The number of nitrogens with one attached hydrogen (secondary N) is 1. The minimum absolute atomic E-state index is 0.0280. The summed E-state index contributed by atoms with van der Waals surface area (Å²) < 4.78 is 5.33. The first kappa shape index (κ1) is 11.5. The molecular formula is C13H11N3O3. The SMILES string of the molecule is O=[N+]([O-])c1ccc(C2=NNC(c3ccco3)C2)cc1. The van der Waals surface area contributed by atoms with Crippen LogP contribution in [0.15, 0.2) is 52.2 Å². The van der Waals surface area contributed by atoms with Gasteiger partial charge in [0.05, 0.1) is 16.9 Å². The highest BCUT2D eigenvalue weighted by atomic mass is 16.6. The molecule has 2 heterocycles. The molecule has 0 spiro atoms. The number of furan rings is 1. The molecule has 1 aliphatic heterocycles. The van der Waals surface area contributed by atoms with E-state index in [2.05, 4.69) is 10.5 Å². The lowest BCUT2D eigenvalue weighted by atomic mass is 10.0. The van der Waals surface area contributed by atoms with Crippen molar-refractivity contribution in [1.82, 2.24) is 5.43 Å². The van der Waals surface area contributed by atoms with E-state index in [1.807, 2.05) is 12.1 Å². The monoisotopic (exact) mass is 257 g/mol. The first-order chi connectivity index (χ1) is 9.24. The van der Waals surface area contributed by atoms with Crippen LogP contribution in [-0.4, -0.2) is 10.6 Å². The van der Waals surface area contributed by atoms with E-state index < -0.39 is 4.92 Å². The fourth-order valence-corrected chi connectivity index (χ4v) is 2.05. The number of benzene rings is 1. The van der Waals surface area contributed by atoms with Crippen LogP contribution in [0.25, 0.3) is 0 Å². The lowest BCUT2D eigenvalue weighted by Crippen LogP contribution is -2.08. The van der Waals surface area contributed by atoms with Gasteiger partial charge in [-0.05, 0) is 29.8 Å². The molecule has 1 atom stereocenters. The molecule has 6 nitrogen and oxygen atoms in total. The molecule has 0 bridgehead atoms. The number of nitrogens with zero attached hydrogens (tertiary/aromatic N) is 2. The number of rotatable bonds is 3. The topological polar surface area (TPSA) is 80.7 Å². The van der Waals surface area contributed by atoms with Crippen molar-refractivity contribution in [2.75, 3.05) is 0 Å². The van der Waals surface area contributed by atoms with E-state index >= 15 is 0 Å². The Balaban J connectivity index is 1.75. The molecule has 1 aliphatic rings. The van der Waals surface area contributed by atoms with Gasteiger partial charge >= 0.3 is 0 Å². The van der Waals surface area contributed by atoms with Gasteiger partial charge in [-0.1, -0.05) is 0 Å². The molecule has 0 radical (unpaired) electrons. The maximum atomic E-state index is 10.6. The van der Waals surface area contributed by atoms with Crippen LogP contribution >= 0.6 is 0 Å². The van der Waals surface area contributed by atoms with Gasteiger partial charge in [-0.3, -0.25) is 15.5 Å². The maximum Gasteiger partial charge on any atom is 0.269 e. The summed E-state index contributed by atoms with van der Waals surface area (Å²) in [5.74, 6) is 0.834. The summed E-state index contributed by atoms with van der Waals surface area (Å²) in [4.78, 5) is 10.2. The van der Waals surface area contributed by atoms with Gasteiger partial charge in [0.1, 0.15) is 11.8 Å². The Morgan fingerprint density at radius 1 is 1.32 bits per heavy atom. The smallest absolute Gasteiger partial charge is 0.269 e. The second-order valence-corrected chi connectivity index (χ2v) is 4.26. The Morgan fingerprint density at radius 3 is 2.74 bits per heavy atom. The zero-order chi connectivity index (χ0) is 13.2. The fourth-order valence-electron chi connectivity index (χ4n) is 2.05. The Hall–Kier alpha value is -2.63. The van der Waals surface area contributed by atoms with E-state index in [1.54, 1.807) is 18.4 Å². The molecule has 3 rings (SSSR count). The number of hydrogen-bond acceptors (Lipinski definition) is 5. The zero-order valence-electron chi connectivity index (χ0n) is 9.95. The summed E-state index contributed by atoms with van der Waals surface area (Å²) in [5, 5.41) is 14.8. The highest BCUT2D eigenvalue weighted by molar-refractivity contribution is 6.01. The average Bonchev–Trinajstić information content (AvgIpc) is 3.10. The van der Waals surface area contributed by atoms with E-state index in [0.717, 1.165) is 17.0 Å². The molecular weight excluding hydrogens is 246 g/mol. The Bertz CT molecular complexity index is 617. The molecule has 0 amide bonds.